The Morgan fingerprint density at radius 1 is 0.500 bits per heavy atom. The van der Waals surface area contributed by atoms with Crippen LogP contribution in [0.5, 0.6) is 11.5 Å². The van der Waals surface area contributed by atoms with Gasteiger partial charge in [-0.05, 0) is 61.4 Å². The highest BCUT2D eigenvalue weighted by Crippen LogP contribution is 2.40. The third kappa shape index (κ3) is 7.89. The number of fused-ring (bicyclic) bond motifs is 2. The van der Waals surface area contributed by atoms with Crippen LogP contribution in [0, 0.1) is 13.8 Å². The van der Waals surface area contributed by atoms with Crippen LogP contribution < -0.4 is 20.1 Å². The first-order chi connectivity index (χ1) is 26.1. The van der Waals surface area contributed by atoms with Gasteiger partial charge in [0.25, 0.3) is 40.3 Å². The number of amides is 2. The lowest BCUT2D eigenvalue weighted by Gasteiger charge is -2.17. The molecule has 0 radical (unpaired) electrons. The molecule has 56 heavy (non-hydrogen) atoms. The summed E-state index contributed by atoms with van der Waals surface area (Å²) in [6, 6.07) is 19.4. The van der Waals surface area contributed by atoms with Gasteiger partial charge in [0.05, 0.1) is 21.2 Å². The second kappa shape index (κ2) is 14.3. The van der Waals surface area contributed by atoms with Gasteiger partial charge in [0.15, 0.2) is 0 Å². The molecule has 0 unspecified atom stereocenters. The van der Waals surface area contributed by atoms with Crippen molar-refractivity contribution in [1.82, 2.24) is 0 Å². The smallest absolute Gasteiger partial charge is 0.323 e. The molecule has 0 atom stereocenters. The number of rotatable bonds is 10. The molecule has 2 amide bonds. The van der Waals surface area contributed by atoms with Crippen molar-refractivity contribution in [3.8, 4) is 11.5 Å². The number of urea groups is 1. The summed E-state index contributed by atoms with van der Waals surface area (Å²) in [5.74, 6) is -1.02. The Labute approximate surface area is 320 Å². The highest BCUT2D eigenvalue weighted by molar-refractivity contribution is 7.93. The van der Waals surface area contributed by atoms with Gasteiger partial charge in [-0.3, -0.25) is 18.5 Å². The first kappa shape index (κ1) is 39.7. The van der Waals surface area contributed by atoms with Crippen LogP contribution in [0.3, 0.4) is 0 Å². The molecule has 292 valence electrons. The molecule has 6 rings (SSSR count). The van der Waals surface area contributed by atoms with Gasteiger partial charge < -0.3 is 20.8 Å². The summed E-state index contributed by atoms with van der Waals surface area (Å²) in [7, 11) is -19.1. The molecule has 0 saturated carbocycles. The van der Waals surface area contributed by atoms with Crippen LogP contribution in [0.2, 0.25) is 0 Å². The summed E-state index contributed by atoms with van der Waals surface area (Å²) in [5, 5.41) is 25.9. The molecule has 0 heterocycles. The minimum Gasteiger partial charge on any atom is -0.507 e. The molecule has 21 heteroatoms. The number of nitrogens with one attached hydrogen (secondary N) is 4. The Morgan fingerprint density at radius 2 is 0.839 bits per heavy atom. The molecule has 0 aliphatic carbocycles. The standard InChI is InChI=1S/C35H30N4O13S4/c1-19-15-21(53(43,44)38-33-25-9-5-3-7-23(25)29(40)17-31(33)55(47,48)49)11-13-27(19)36-35(42)37-28-14-12-22(16-20(28)2)54(45,46)39-34-26-10-6-4-8-24(26)30(41)18-32(34)56(50,51)52/h3-18,38-41H,1-2H3,(H2,36,37,42)(H,47,48,49)(H,50,51,52). The quantitative estimate of drug-likeness (QED) is 0.0602. The molecule has 0 fully saturated rings. The van der Waals surface area contributed by atoms with Gasteiger partial charge >= 0.3 is 6.03 Å². The van der Waals surface area contributed by atoms with E-state index in [4.69, 9.17) is 0 Å². The molecule has 8 N–H and O–H groups in total. The zero-order valence-corrected chi connectivity index (χ0v) is 32.1. The van der Waals surface area contributed by atoms with Crippen molar-refractivity contribution < 1.29 is 57.8 Å². The Kier molecular flexibility index (Phi) is 10.1. The number of phenolic OH excluding ortho intramolecular Hbond substituents is 2. The van der Waals surface area contributed by atoms with Crippen LogP contribution in [0.15, 0.2) is 117 Å². The number of anilines is 4. The van der Waals surface area contributed by atoms with Crippen LogP contribution in [0.4, 0.5) is 27.5 Å². The molecule has 0 spiro atoms. The van der Waals surface area contributed by atoms with Gasteiger partial charge in [0.1, 0.15) is 21.3 Å². The van der Waals surface area contributed by atoms with E-state index in [1.165, 1.54) is 86.6 Å². The molecule has 0 saturated heterocycles. The fourth-order valence-corrected chi connectivity index (χ4v) is 9.69. The Hall–Kier alpha value is -5.97. The second-order valence-electron chi connectivity index (χ2n) is 12.3. The van der Waals surface area contributed by atoms with Crippen LogP contribution in [0.1, 0.15) is 11.1 Å². The van der Waals surface area contributed by atoms with Crippen LogP contribution in [-0.2, 0) is 40.3 Å². The number of benzene rings is 6. The summed E-state index contributed by atoms with van der Waals surface area (Å²) in [6.45, 7) is 2.97. The van der Waals surface area contributed by atoms with Crippen molar-refractivity contribution in [3.63, 3.8) is 0 Å². The number of phenols is 2. The number of aryl methyl sites for hydroxylation is 2. The predicted octanol–water partition coefficient (Wildman–Crippen LogP) is 5.76. The number of sulfonamides is 2. The third-order valence-corrected chi connectivity index (χ3v) is 13.0. The van der Waals surface area contributed by atoms with E-state index in [1.54, 1.807) is 0 Å². The molecular formula is C35H30N4O13S4. The lowest BCUT2D eigenvalue weighted by Crippen LogP contribution is -2.21. The summed E-state index contributed by atoms with van der Waals surface area (Å²) in [6.07, 6.45) is 0. The summed E-state index contributed by atoms with van der Waals surface area (Å²) < 4.78 is 126. The number of aromatic hydroxyl groups is 2. The first-order valence-electron chi connectivity index (χ1n) is 15.9. The maximum absolute atomic E-state index is 13.5. The summed E-state index contributed by atoms with van der Waals surface area (Å²) >= 11 is 0. The molecule has 0 aromatic heterocycles. The van der Waals surface area contributed by atoms with Crippen molar-refractivity contribution in [2.75, 3.05) is 20.1 Å². The molecule has 17 nitrogen and oxygen atoms in total. The lowest BCUT2D eigenvalue weighted by molar-refractivity contribution is 0.262. The Morgan fingerprint density at radius 3 is 1.16 bits per heavy atom. The summed E-state index contributed by atoms with van der Waals surface area (Å²) in [4.78, 5) is 10.6. The highest BCUT2D eigenvalue weighted by Gasteiger charge is 2.27. The molecule has 6 aromatic rings. The van der Waals surface area contributed by atoms with E-state index in [0.29, 0.717) is 0 Å². The van der Waals surface area contributed by atoms with Crippen LogP contribution in [-0.4, -0.2) is 59.0 Å². The topological polar surface area (TPSA) is 283 Å². The number of carbonyl (C=O) groups excluding carboxylic acids is 1. The number of hydrogen-bond acceptors (Lipinski definition) is 11. The van der Waals surface area contributed by atoms with Gasteiger partial charge in [-0.25, -0.2) is 21.6 Å². The van der Waals surface area contributed by atoms with Crippen LogP contribution in [0.25, 0.3) is 21.5 Å². The second-order valence-corrected chi connectivity index (χ2v) is 18.5. The van der Waals surface area contributed by atoms with Gasteiger partial charge in [0.2, 0.25) is 0 Å². The molecule has 0 bridgehead atoms. The molecule has 0 aliphatic heterocycles. The highest BCUT2D eigenvalue weighted by atomic mass is 32.2. The molecule has 0 aliphatic rings. The SMILES string of the molecule is Cc1cc(S(=O)(=O)Nc2c(S(=O)(=O)O)cc(O)c3ccccc23)ccc1NC(=O)Nc1ccc(S(=O)(=O)Nc2c(S(=O)(=O)O)cc(O)c3ccccc23)cc1C. The zero-order valence-electron chi connectivity index (χ0n) is 28.8. The molecular weight excluding hydrogens is 813 g/mol. The van der Waals surface area contributed by atoms with Gasteiger partial charge in [-0.2, -0.15) is 16.8 Å². The average Bonchev–Trinajstić information content (AvgIpc) is 3.11. The maximum atomic E-state index is 13.5. The van der Waals surface area contributed by atoms with Gasteiger partial charge in [-0.1, -0.05) is 48.5 Å². The van der Waals surface area contributed by atoms with E-state index in [0.717, 1.165) is 24.3 Å². The van der Waals surface area contributed by atoms with Crippen molar-refractivity contribution in [2.24, 2.45) is 0 Å². The van der Waals surface area contributed by atoms with E-state index in [1.807, 2.05) is 0 Å². The van der Waals surface area contributed by atoms with Crippen LogP contribution >= 0.6 is 0 Å². The van der Waals surface area contributed by atoms with Gasteiger partial charge in [-0.15, -0.1) is 0 Å². The van der Waals surface area contributed by atoms with E-state index in [-0.39, 0.29) is 53.8 Å². The van der Waals surface area contributed by atoms with E-state index >= 15 is 0 Å². The fraction of sp³-hybridized carbons (Fsp3) is 0.0571. The first-order valence-corrected chi connectivity index (χ1v) is 21.7. The maximum Gasteiger partial charge on any atom is 0.323 e. The Balaban J connectivity index is 1.21. The number of carbonyl (C=O) groups is 1. The van der Waals surface area contributed by atoms with Crippen molar-refractivity contribution in [1.29, 1.82) is 0 Å². The largest absolute Gasteiger partial charge is 0.507 e. The Bertz CT molecular complexity index is 2880. The van der Waals surface area contributed by atoms with Crippen molar-refractivity contribution >= 4 is 90.6 Å². The average molecular weight is 843 g/mol. The predicted molar refractivity (Wildman–Crippen MR) is 207 cm³/mol. The third-order valence-electron chi connectivity index (χ3n) is 8.51. The lowest BCUT2D eigenvalue weighted by atomic mass is 10.1. The fourth-order valence-electron chi connectivity index (χ4n) is 5.83. The number of hydrogen-bond donors (Lipinski definition) is 8. The van der Waals surface area contributed by atoms with Gasteiger partial charge in [0, 0.05) is 45.1 Å². The normalized spacial score (nSPS) is 12.4. The molecule has 6 aromatic carbocycles. The minimum absolute atomic E-state index is 0.00943. The van der Waals surface area contributed by atoms with Crippen molar-refractivity contribution in [2.45, 2.75) is 33.4 Å². The minimum atomic E-state index is -5.01. The van der Waals surface area contributed by atoms with E-state index in [9.17, 15) is 57.8 Å². The monoisotopic (exact) mass is 842 g/mol. The van der Waals surface area contributed by atoms with E-state index in [2.05, 4.69) is 20.1 Å². The van der Waals surface area contributed by atoms with Crippen molar-refractivity contribution in [3.05, 3.63) is 108 Å². The zero-order chi connectivity index (χ0) is 41.0. The van der Waals surface area contributed by atoms with E-state index < -0.39 is 79.0 Å². The summed E-state index contributed by atoms with van der Waals surface area (Å²) in [5.41, 5.74) is -0.171.